The van der Waals surface area contributed by atoms with Crippen molar-refractivity contribution in [3.05, 3.63) is 24.3 Å². The number of hydrogen-bond acceptors (Lipinski definition) is 5. The first-order chi connectivity index (χ1) is 10.7. The van der Waals surface area contributed by atoms with Gasteiger partial charge >= 0.3 is 0 Å². The fraction of sp³-hybridized carbons (Fsp3) is 0.562. The molecule has 7 heteroatoms. The molecule has 1 unspecified atom stereocenters. The zero-order valence-electron chi connectivity index (χ0n) is 13.6. The smallest absolute Gasteiger partial charge is 0.225 e. The molecule has 0 aliphatic carbocycles. The quantitative estimate of drug-likeness (QED) is 0.808. The van der Waals surface area contributed by atoms with E-state index in [4.69, 9.17) is 14.2 Å². The Balaban J connectivity index is 0.00000264. The molecule has 2 rings (SSSR count). The fourth-order valence-electron chi connectivity index (χ4n) is 2.20. The van der Waals surface area contributed by atoms with Crippen LogP contribution in [0.5, 0.6) is 11.5 Å². The van der Waals surface area contributed by atoms with Crippen LogP contribution in [0.3, 0.4) is 0 Å². The third-order valence-electron chi connectivity index (χ3n) is 3.59. The molecule has 1 heterocycles. The summed E-state index contributed by atoms with van der Waals surface area (Å²) in [5.74, 6) is 1.63. The van der Waals surface area contributed by atoms with Crippen LogP contribution in [-0.2, 0) is 9.53 Å². The minimum atomic E-state index is -0.0220. The number of morpholine rings is 1. The number of nitrogens with zero attached hydrogens (tertiary/aromatic N) is 1. The Morgan fingerprint density at radius 1 is 1.35 bits per heavy atom. The number of rotatable bonds is 7. The van der Waals surface area contributed by atoms with Crippen LogP contribution in [0.4, 0.5) is 0 Å². The molecule has 1 fully saturated rings. The van der Waals surface area contributed by atoms with Gasteiger partial charge in [-0.1, -0.05) is 0 Å². The largest absolute Gasteiger partial charge is 0.497 e. The number of likely N-dealkylation sites (N-methyl/N-ethyl adjacent to an activating group) is 1. The van der Waals surface area contributed by atoms with Crippen molar-refractivity contribution < 1.29 is 19.0 Å². The van der Waals surface area contributed by atoms with Crippen molar-refractivity contribution in [2.45, 2.75) is 12.5 Å². The summed E-state index contributed by atoms with van der Waals surface area (Å²) in [6.07, 6.45) is 0.387. The Hall–Kier alpha value is -1.50. The molecule has 1 aromatic carbocycles. The van der Waals surface area contributed by atoms with E-state index in [-0.39, 0.29) is 24.4 Å². The number of halogens is 1. The van der Waals surface area contributed by atoms with Gasteiger partial charge in [-0.15, -0.1) is 12.4 Å². The highest BCUT2D eigenvalue weighted by Crippen LogP contribution is 2.16. The maximum absolute atomic E-state index is 12.1. The van der Waals surface area contributed by atoms with Crippen molar-refractivity contribution in [3.63, 3.8) is 0 Å². The normalized spacial score (nSPS) is 17.0. The van der Waals surface area contributed by atoms with Crippen LogP contribution in [0, 0.1) is 0 Å². The van der Waals surface area contributed by atoms with E-state index in [0.717, 1.165) is 24.6 Å². The summed E-state index contributed by atoms with van der Waals surface area (Å²) in [4.78, 5) is 13.8. The molecule has 1 aliphatic heterocycles. The number of hydrogen-bond donors (Lipinski definition) is 1. The second kappa shape index (κ2) is 10.3. The second-order valence-corrected chi connectivity index (χ2v) is 5.24. The van der Waals surface area contributed by atoms with E-state index >= 15 is 0 Å². The van der Waals surface area contributed by atoms with Gasteiger partial charge < -0.3 is 24.4 Å². The lowest BCUT2D eigenvalue weighted by molar-refractivity contribution is -0.133. The summed E-state index contributed by atoms with van der Waals surface area (Å²) in [5, 5.41) is 3.22. The Labute approximate surface area is 143 Å². The van der Waals surface area contributed by atoms with Gasteiger partial charge in [-0.25, -0.2) is 0 Å². The molecule has 1 N–H and O–H groups in total. The maximum atomic E-state index is 12.1. The highest BCUT2D eigenvalue weighted by molar-refractivity contribution is 5.85. The van der Waals surface area contributed by atoms with Gasteiger partial charge in [-0.3, -0.25) is 4.79 Å². The summed E-state index contributed by atoms with van der Waals surface area (Å²) in [5.41, 5.74) is 0. The van der Waals surface area contributed by atoms with Crippen molar-refractivity contribution in [1.82, 2.24) is 10.2 Å². The lowest BCUT2D eigenvalue weighted by Gasteiger charge is -2.25. The minimum Gasteiger partial charge on any atom is -0.497 e. The van der Waals surface area contributed by atoms with E-state index in [1.54, 1.807) is 19.1 Å². The van der Waals surface area contributed by atoms with Gasteiger partial charge in [0.1, 0.15) is 18.1 Å². The van der Waals surface area contributed by atoms with Crippen LogP contribution in [0.1, 0.15) is 6.42 Å². The minimum absolute atomic E-state index is 0. The van der Waals surface area contributed by atoms with Crippen molar-refractivity contribution in [3.8, 4) is 11.5 Å². The highest BCUT2D eigenvalue weighted by Gasteiger charge is 2.19. The van der Waals surface area contributed by atoms with Gasteiger partial charge in [0.2, 0.25) is 5.91 Å². The number of benzene rings is 1. The average molecular weight is 345 g/mol. The van der Waals surface area contributed by atoms with Crippen molar-refractivity contribution >= 4 is 18.3 Å². The Morgan fingerprint density at radius 3 is 2.65 bits per heavy atom. The first-order valence-electron chi connectivity index (χ1n) is 7.52. The van der Waals surface area contributed by atoms with Crippen LogP contribution in [0.25, 0.3) is 0 Å². The molecular weight excluding hydrogens is 320 g/mol. The first-order valence-corrected chi connectivity index (χ1v) is 7.52. The van der Waals surface area contributed by atoms with Crippen molar-refractivity contribution in [1.29, 1.82) is 0 Å². The first kappa shape index (κ1) is 19.5. The molecule has 1 amide bonds. The van der Waals surface area contributed by atoms with E-state index in [1.165, 1.54) is 0 Å². The molecule has 6 nitrogen and oxygen atoms in total. The SMILES string of the molecule is COc1ccc(OCCN(C)C(=O)CC2CNCCO2)cc1.Cl. The van der Waals surface area contributed by atoms with E-state index in [0.29, 0.717) is 26.2 Å². The lowest BCUT2D eigenvalue weighted by Crippen LogP contribution is -2.42. The maximum Gasteiger partial charge on any atom is 0.225 e. The summed E-state index contributed by atoms with van der Waals surface area (Å²) >= 11 is 0. The zero-order valence-corrected chi connectivity index (χ0v) is 14.4. The molecule has 1 aliphatic rings. The summed E-state index contributed by atoms with van der Waals surface area (Å²) < 4.78 is 16.3. The third kappa shape index (κ3) is 6.64. The zero-order chi connectivity index (χ0) is 15.8. The Morgan fingerprint density at radius 2 is 2.04 bits per heavy atom. The van der Waals surface area contributed by atoms with E-state index in [2.05, 4.69) is 5.32 Å². The lowest BCUT2D eigenvalue weighted by atomic mass is 10.2. The van der Waals surface area contributed by atoms with Crippen LogP contribution < -0.4 is 14.8 Å². The molecule has 0 saturated carbocycles. The molecule has 0 spiro atoms. The van der Waals surface area contributed by atoms with Gasteiger partial charge in [0.25, 0.3) is 0 Å². The predicted molar refractivity (Wildman–Crippen MR) is 90.6 cm³/mol. The summed E-state index contributed by atoms with van der Waals surface area (Å²) in [6.45, 7) is 3.27. The molecule has 130 valence electrons. The Bertz CT molecular complexity index is 464. The second-order valence-electron chi connectivity index (χ2n) is 5.24. The number of nitrogens with one attached hydrogen (secondary N) is 1. The van der Waals surface area contributed by atoms with Crippen molar-refractivity contribution in [2.75, 3.05) is 47.0 Å². The van der Waals surface area contributed by atoms with E-state index in [1.807, 2.05) is 24.3 Å². The number of carbonyl (C=O) groups is 1. The van der Waals surface area contributed by atoms with Gasteiger partial charge in [0.05, 0.1) is 32.8 Å². The van der Waals surface area contributed by atoms with Crippen LogP contribution >= 0.6 is 12.4 Å². The van der Waals surface area contributed by atoms with E-state index in [9.17, 15) is 4.79 Å². The highest BCUT2D eigenvalue weighted by atomic mass is 35.5. The number of methoxy groups -OCH3 is 1. The average Bonchev–Trinajstić information content (AvgIpc) is 2.56. The number of ether oxygens (including phenoxy) is 3. The van der Waals surface area contributed by atoms with Crippen LogP contribution in [-0.4, -0.2) is 63.9 Å². The third-order valence-corrected chi connectivity index (χ3v) is 3.59. The summed E-state index contributed by atoms with van der Waals surface area (Å²) in [6, 6.07) is 7.39. The number of carbonyl (C=O) groups excluding carboxylic acids is 1. The molecule has 1 atom stereocenters. The fourth-order valence-corrected chi connectivity index (χ4v) is 2.20. The van der Waals surface area contributed by atoms with Gasteiger partial charge in [0, 0.05) is 20.1 Å². The van der Waals surface area contributed by atoms with Crippen LogP contribution in [0.2, 0.25) is 0 Å². The topological polar surface area (TPSA) is 60.0 Å². The molecule has 1 aromatic rings. The van der Waals surface area contributed by atoms with E-state index < -0.39 is 0 Å². The molecule has 1 saturated heterocycles. The molecule has 23 heavy (non-hydrogen) atoms. The Kier molecular flexibility index (Phi) is 8.76. The summed E-state index contributed by atoms with van der Waals surface area (Å²) in [7, 11) is 3.41. The standard InChI is InChI=1S/C16H24N2O4.ClH/c1-18(16(19)11-15-12-17-7-9-21-15)8-10-22-14-5-3-13(20-2)4-6-14;/h3-6,15,17H,7-12H2,1-2H3;1H. The van der Waals surface area contributed by atoms with Gasteiger partial charge in [0.15, 0.2) is 0 Å². The number of amides is 1. The predicted octanol–water partition coefficient (Wildman–Crippen LogP) is 1.33. The molecular formula is C16H25ClN2O4. The van der Waals surface area contributed by atoms with Crippen molar-refractivity contribution in [2.24, 2.45) is 0 Å². The van der Waals surface area contributed by atoms with Gasteiger partial charge in [-0.2, -0.15) is 0 Å². The molecule has 0 bridgehead atoms. The monoisotopic (exact) mass is 344 g/mol. The molecule has 0 radical (unpaired) electrons. The molecule has 0 aromatic heterocycles. The van der Waals surface area contributed by atoms with Crippen LogP contribution in [0.15, 0.2) is 24.3 Å². The van der Waals surface area contributed by atoms with Gasteiger partial charge in [-0.05, 0) is 24.3 Å².